The van der Waals surface area contributed by atoms with E-state index < -0.39 is 10.8 Å². The quantitative estimate of drug-likeness (QED) is 0.750. The Morgan fingerprint density at radius 1 is 1.03 bits per heavy atom. The lowest BCUT2D eigenvalue weighted by Crippen LogP contribution is -2.51. The third-order valence-electron chi connectivity index (χ3n) is 6.64. The Bertz CT molecular complexity index is 1080. The maximum atomic E-state index is 13.3. The first kappa shape index (κ1) is 19.8. The second-order valence-corrected chi connectivity index (χ2v) is 8.61. The Kier molecular flexibility index (Phi) is 4.79. The molecule has 1 aromatic carbocycles. The van der Waals surface area contributed by atoms with Crippen LogP contribution >= 0.6 is 0 Å². The highest BCUT2D eigenvalue weighted by molar-refractivity contribution is 6.00. The molecule has 0 spiro atoms. The number of nitrogens with zero attached hydrogens (tertiary/aromatic N) is 4. The molecule has 3 unspecified atom stereocenters. The number of rotatable bonds is 3. The summed E-state index contributed by atoms with van der Waals surface area (Å²) in [6.07, 6.45) is 1.07. The highest BCUT2D eigenvalue weighted by atomic mass is 16.8. The second kappa shape index (κ2) is 7.51. The van der Waals surface area contributed by atoms with Crippen molar-refractivity contribution in [3.63, 3.8) is 0 Å². The van der Waals surface area contributed by atoms with Crippen LogP contribution in [0.3, 0.4) is 0 Å². The molecule has 3 aliphatic rings. The van der Waals surface area contributed by atoms with Gasteiger partial charge >= 0.3 is 0 Å². The normalized spacial score (nSPS) is 24.8. The molecular formula is C22H23N4O5-. The molecule has 0 radical (unpaired) electrons. The number of pyridine rings is 1. The van der Waals surface area contributed by atoms with Crippen molar-refractivity contribution in [2.24, 2.45) is 11.8 Å². The SMILES string of the molecule is O=C(C1CC(=O)N(c2ccccc2)C1)N1CC2CC(C1)c1ccc(N([O-])O)c(=O)n1C2. The summed E-state index contributed by atoms with van der Waals surface area (Å²) in [5.41, 5.74) is 0.767. The summed E-state index contributed by atoms with van der Waals surface area (Å²) in [5.74, 6) is -0.365. The van der Waals surface area contributed by atoms with Crippen LogP contribution in [0.4, 0.5) is 11.4 Å². The molecule has 1 N–H and O–H groups in total. The van der Waals surface area contributed by atoms with Gasteiger partial charge in [0.25, 0.3) is 5.56 Å². The minimum atomic E-state index is -0.510. The summed E-state index contributed by atoms with van der Waals surface area (Å²) in [5, 5.41) is 20.0. The van der Waals surface area contributed by atoms with E-state index in [0.29, 0.717) is 26.2 Å². The van der Waals surface area contributed by atoms with Gasteiger partial charge in [-0.1, -0.05) is 18.2 Å². The maximum absolute atomic E-state index is 13.3. The largest absolute Gasteiger partial charge is 0.733 e. The third kappa shape index (κ3) is 3.39. The van der Waals surface area contributed by atoms with E-state index in [0.717, 1.165) is 17.8 Å². The third-order valence-corrected chi connectivity index (χ3v) is 6.64. The van der Waals surface area contributed by atoms with E-state index in [1.165, 1.54) is 6.07 Å². The number of fused-ring (bicyclic) bond motifs is 4. The van der Waals surface area contributed by atoms with E-state index in [-0.39, 0.29) is 41.7 Å². The van der Waals surface area contributed by atoms with Gasteiger partial charge < -0.3 is 24.8 Å². The average molecular weight is 423 g/mol. The first-order chi connectivity index (χ1) is 14.9. The van der Waals surface area contributed by atoms with E-state index in [1.807, 2.05) is 35.2 Å². The van der Waals surface area contributed by atoms with Crippen LogP contribution in [0.5, 0.6) is 0 Å². The number of amides is 2. The number of hydrogen-bond donors (Lipinski definition) is 1. The maximum Gasteiger partial charge on any atom is 0.275 e. The van der Waals surface area contributed by atoms with Gasteiger partial charge in [0.05, 0.1) is 5.92 Å². The fourth-order valence-electron chi connectivity index (χ4n) is 5.25. The number of para-hydroxylation sites is 1. The number of anilines is 2. The summed E-state index contributed by atoms with van der Waals surface area (Å²) in [4.78, 5) is 41.9. The number of piperidine rings is 1. The zero-order valence-corrected chi connectivity index (χ0v) is 16.9. The predicted octanol–water partition coefficient (Wildman–Crippen LogP) is 1.54. The van der Waals surface area contributed by atoms with Gasteiger partial charge in [0.2, 0.25) is 11.8 Å². The van der Waals surface area contributed by atoms with E-state index in [2.05, 4.69) is 0 Å². The van der Waals surface area contributed by atoms with Crippen molar-refractivity contribution in [1.82, 2.24) is 9.47 Å². The molecule has 3 aliphatic heterocycles. The minimum Gasteiger partial charge on any atom is -0.733 e. The van der Waals surface area contributed by atoms with Crippen LogP contribution in [0.15, 0.2) is 47.3 Å². The number of benzene rings is 1. The number of likely N-dealkylation sites (tertiary alicyclic amines) is 1. The molecule has 9 heteroatoms. The monoisotopic (exact) mass is 423 g/mol. The molecule has 3 atom stereocenters. The summed E-state index contributed by atoms with van der Waals surface area (Å²) in [6, 6.07) is 12.4. The van der Waals surface area contributed by atoms with E-state index >= 15 is 0 Å². The summed E-state index contributed by atoms with van der Waals surface area (Å²) in [6.45, 7) is 1.77. The lowest BCUT2D eigenvalue weighted by atomic mass is 9.82. The van der Waals surface area contributed by atoms with Crippen molar-refractivity contribution in [2.45, 2.75) is 25.3 Å². The van der Waals surface area contributed by atoms with E-state index in [9.17, 15) is 19.6 Å². The first-order valence-electron chi connectivity index (χ1n) is 10.5. The number of carbonyl (C=O) groups excluding carboxylic acids is 2. The summed E-state index contributed by atoms with van der Waals surface area (Å²) in [7, 11) is 0. The predicted molar refractivity (Wildman–Crippen MR) is 113 cm³/mol. The zero-order chi connectivity index (χ0) is 21.7. The van der Waals surface area contributed by atoms with Gasteiger partial charge in [0, 0.05) is 49.9 Å². The molecule has 4 heterocycles. The van der Waals surface area contributed by atoms with Crippen LogP contribution < -0.4 is 15.7 Å². The van der Waals surface area contributed by atoms with Gasteiger partial charge in [0.1, 0.15) is 5.69 Å². The van der Waals surface area contributed by atoms with Crippen LogP contribution in [0, 0.1) is 17.0 Å². The van der Waals surface area contributed by atoms with Gasteiger partial charge in [-0.3, -0.25) is 19.6 Å². The number of carbonyl (C=O) groups is 2. The summed E-state index contributed by atoms with van der Waals surface area (Å²) < 4.78 is 1.55. The van der Waals surface area contributed by atoms with E-state index in [1.54, 1.807) is 15.5 Å². The molecule has 0 saturated carbocycles. The molecule has 1 aromatic heterocycles. The highest BCUT2D eigenvalue weighted by Crippen LogP contribution is 2.37. The topological polar surface area (TPSA) is 109 Å². The molecule has 9 nitrogen and oxygen atoms in total. The Hall–Kier alpha value is -3.17. The van der Waals surface area contributed by atoms with Crippen molar-refractivity contribution < 1.29 is 14.8 Å². The smallest absolute Gasteiger partial charge is 0.275 e. The van der Waals surface area contributed by atoms with E-state index in [4.69, 9.17) is 5.21 Å². The Morgan fingerprint density at radius 3 is 2.55 bits per heavy atom. The van der Waals surface area contributed by atoms with Crippen LogP contribution in [0.2, 0.25) is 0 Å². The Labute approximate surface area is 178 Å². The molecular weight excluding hydrogens is 400 g/mol. The van der Waals surface area contributed by atoms with Gasteiger partial charge in [-0.05, 0) is 36.6 Å². The second-order valence-electron chi connectivity index (χ2n) is 8.61. The van der Waals surface area contributed by atoms with Crippen molar-refractivity contribution in [3.05, 3.63) is 63.7 Å². The van der Waals surface area contributed by atoms with Crippen LogP contribution in [0.1, 0.15) is 24.5 Å². The lowest BCUT2D eigenvalue weighted by molar-refractivity contribution is -0.138. The highest BCUT2D eigenvalue weighted by Gasteiger charge is 2.42. The molecule has 2 fully saturated rings. The summed E-state index contributed by atoms with van der Waals surface area (Å²) >= 11 is 0. The Morgan fingerprint density at radius 2 is 1.81 bits per heavy atom. The molecule has 31 heavy (non-hydrogen) atoms. The number of hydrogen-bond acceptors (Lipinski definition) is 6. The van der Waals surface area contributed by atoms with Crippen LogP contribution in [-0.2, 0) is 16.1 Å². The average Bonchev–Trinajstić information content (AvgIpc) is 3.16. The molecule has 0 aliphatic carbocycles. The van der Waals surface area contributed by atoms with Crippen molar-refractivity contribution >= 4 is 23.2 Å². The molecule has 162 valence electrons. The van der Waals surface area contributed by atoms with Crippen LogP contribution in [-0.4, -0.2) is 46.1 Å². The van der Waals surface area contributed by atoms with Gasteiger partial charge in [-0.25, -0.2) is 0 Å². The number of aromatic nitrogens is 1. The van der Waals surface area contributed by atoms with Crippen molar-refractivity contribution in [1.29, 1.82) is 0 Å². The van der Waals surface area contributed by atoms with Gasteiger partial charge in [-0.2, -0.15) is 0 Å². The molecule has 2 bridgehead atoms. The fraction of sp³-hybridized carbons (Fsp3) is 0.409. The van der Waals surface area contributed by atoms with Gasteiger partial charge in [-0.15, -0.1) is 0 Å². The lowest BCUT2D eigenvalue weighted by Gasteiger charge is -2.43. The molecule has 2 amide bonds. The standard InChI is InChI=1S/C22H23N4O5/c27-20-9-16(13-24(20)17-4-2-1-3-5-17)21(28)23-10-14-8-15(12-23)18-6-7-19(26(30)31)22(29)25(18)11-14/h1-7,14-16,30H,8-13H2/q-1. The minimum absolute atomic E-state index is 0.0145. The van der Waals surface area contributed by atoms with Crippen molar-refractivity contribution in [2.75, 3.05) is 29.8 Å². The first-order valence-corrected chi connectivity index (χ1v) is 10.5. The zero-order valence-electron chi connectivity index (χ0n) is 16.9. The fourth-order valence-corrected chi connectivity index (χ4v) is 5.25. The van der Waals surface area contributed by atoms with Crippen LogP contribution in [0.25, 0.3) is 0 Å². The van der Waals surface area contributed by atoms with Crippen molar-refractivity contribution in [3.8, 4) is 0 Å². The molecule has 2 saturated heterocycles. The molecule has 5 rings (SSSR count). The Balaban J connectivity index is 1.34. The van der Waals surface area contributed by atoms with Gasteiger partial charge in [0.15, 0.2) is 0 Å². The molecule has 2 aromatic rings.